The Bertz CT molecular complexity index is 384. The van der Waals surface area contributed by atoms with Crippen LogP contribution in [-0.2, 0) is 0 Å². The van der Waals surface area contributed by atoms with Crippen molar-refractivity contribution in [1.29, 1.82) is 0 Å². The van der Waals surface area contributed by atoms with Crippen LogP contribution in [-0.4, -0.2) is 29.8 Å². The van der Waals surface area contributed by atoms with Crippen LogP contribution in [0.15, 0.2) is 30.3 Å². The van der Waals surface area contributed by atoms with Gasteiger partial charge >= 0.3 is 0 Å². The Morgan fingerprint density at radius 2 is 1.58 bits per heavy atom. The van der Waals surface area contributed by atoms with Crippen LogP contribution in [0.2, 0.25) is 0 Å². The van der Waals surface area contributed by atoms with Gasteiger partial charge in [-0.2, -0.15) is 0 Å². The lowest BCUT2D eigenvalue weighted by atomic mass is 9.98. The predicted molar refractivity (Wildman–Crippen MR) is 81.5 cm³/mol. The largest absolute Gasteiger partial charge is 0.300 e. The minimum atomic E-state index is 0.0450. The number of nitrogens with zero attached hydrogens (tertiary/aromatic N) is 1. The summed E-state index contributed by atoms with van der Waals surface area (Å²) in [4.78, 5) is 14.8. The average molecular weight is 261 g/mol. The van der Waals surface area contributed by atoms with E-state index < -0.39 is 0 Å². The molecule has 0 saturated carbocycles. The number of benzene rings is 1. The van der Waals surface area contributed by atoms with E-state index in [9.17, 15) is 4.79 Å². The molecule has 1 aromatic rings. The van der Waals surface area contributed by atoms with Gasteiger partial charge in [-0.1, -0.05) is 51.1 Å². The standard InChI is InChI=1S/C17H27NO/c1-13(2)11-18(14(3)4)12-15(5)17(19)16-9-7-6-8-10-16/h6-10,13-15H,11-12H2,1-5H3. The first kappa shape index (κ1) is 15.9. The van der Waals surface area contributed by atoms with E-state index in [1.54, 1.807) is 0 Å². The number of carbonyl (C=O) groups is 1. The van der Waals surface area contributed by atoms with Gasteiger partial charge < -0.3 is 0 Å². The van der Waals surface area contributed by atoms with Crippen LogP contribution in [0.3, 0.4) is 0 Å². The lowest BCUT2D eigenvalue weighted by Gasteiger charge is -2.30. The van der Waals surface area contributed by atoms with Crippen LogP contribution in [0.5, 0.6) is 0 Å². The molecule has 19 heavy (non-hydrogen) atoms. The third kappa shape index (κ3) is 5.15. The van der Waals surface area contributed by atoms with Crippen LogP contribution in [0, 0.1) is 11.8 Å². The zero-order valence-corrected chi connectivity index (χ0v) is 12.9. The minimum Gasteiger partial charge on any atom is -0.300 e. The highest BCUT2D eigenvalue weighted by Crippen LogP contribution is 2.13. The molecule has 106 valence electrons. The molecule has 0 fully saturated rings. The third-order valence-electron chi connectivity index (χ3n) is 3.34. The van der Waals surface area contributed by atoms with Crippen LogP contribution >= 0.6 is 0 Å². The molecule has 0 aliphatic rings. The summed E-state index contributed by atoms with van der Waals surface area (Å²) in [5.41, 5.74) is 0.822. The topological polar surface area (TPSA) is 20.3 Å². The van der Waals surface area contributed by atoms with Crippen molar-refractivity contribution in [2.45, 2.75) is 40.7 Å². The fraction of sp³-hybridized carbons (Fsp3) is 0.588. The molecule has 1 atom stereocenters. The smallest absolute Gasteiger partial charge is 0.166 e. The Labute approximate surface area is 117 Å². The maximum absolute atomic E-state index is 12.4. The highest BCUT2D eigenvalue weighted by atomic mass is 16.1. The number of Topliss-reactive ketones (excluding diaryl/α,β-unsaturated/α-hetero) is 1. The van der Waals surface area contributed by atoms with Gasteiger partial charge in [0.15, 0.2) is 5.78 Å². The molecule has 1 aromatic carbocycles. The Hall–Kier alpha value is -1.15. The average Bonchev–Trinajstić information content (AvgIpc) is 2.37. The molecule has 0 bridgehead atoms. The zero-order valence-electron chi connectivity index (χ0n) is 12.9. The maximum atomic E-state index is 12.4. The second kappa shape index (κ2) is 7.44. The molecule has 1 rings (SSSR count). The second-order valence-corrected chi connectivity index (χ2v) is 6.07. The molecule has 0 aromatic heterocycles. The summed E-state index contributed by atoms with van der Waals surface area (Å²) < 4.78 is 0. The summed E-state index contributed by atoms with van der Waals surface area (Å²) >= 11 is 0. The van der Waals surface area contributed by atoms with Crippen LogP contribution < -0.4 is 0 Å². The molecule has 2 heteroatoms. The molecule has 2 nitrogen and oxygen atoms in total. The molecule has 0 heterocycles. The number of hydrogen-bond donors (Lipinski definition) is 0. The highest BCUT2D eigenvalue weighted by Gasteiger charge is 2.20. The lowest BCUT2D eigenvalue weighted by Crippen LogP contribution is -2.39. The second-order valence-electron chi connectivity index (χ2n) is 6.07. The maximum Gasteiger partial charge on any atom is 0.166 e. The summed E-state index contributed by atoms with van der Waals surface area (Å²) in [6, 6.07) is 10.1. The van der Waals surface area contributed by atoms with Crippen molar-refractivity contribution in [3.8, 4) is 0 Å². The van der Waals surface area contributed by atoms with Gasteiger partial charge in [-0.25, -0.2) is 0 Å². The summed E-state index contributed by atoms with van der Waals surface area (Å²) in [7, 11) is 0. The van der Waals surface area contributed by atoms with E-state index in [0.29, 0.717) is 12.0 Å². The molecule has 0 spiro atoms. The van der Waals surface area contributed by atoms with E-state index in [0.717, 1.165) is 18.7 Å². The van der Waals surface area contributed by atoms with Crippen molar-refractivity contribution in [3.63, 3.8) is 0 Å². The van der Waals surface area contributed by atoms with Crippen molar-refractivity contribution in [2.75, 3.05) is 13.1 Å². The van der Waals surface area contributed by atoms with E-state index >= 15 is 0 Å². The van der Waals surface area contributed by atoms with Crippen molar-refractivity contribution < 1.29 is 4.79 Å². The summed E-state index contributed by atoms with van der Waals surface area (Å²) in [6.45, 7) is 12.8. The van der Waals surface area contributed by atoms with Crippen LogP contribution in [0.4, 0.5) is 0 Å². The Morgan fingerprint density at radius 1 is 1.00 bits per heavy atom. The van der Waals surface area contributed by atoms with Gasteiger partial charge in [-0.3, -0.25) is 9.69 Å². The number of ketones is 1. The third-order valence-corrected chi connectivity index (χ3v) is 3.34. The van der Waals surface area contributed by atoms with Crippen molar-refractivity contribution in [1.82, 2.24) is 4.90 Å². The quantitative estimate of drug-likeness (QED) is 0.694. The summed E-state index contributed by atoms with van der Waals surface area (Å²) in [5, 5.41) is 0. The number of rotatable bonds is 7. The van der Waals surface area contributed by atoms with Crippen molar-refractivity contribution in [2.24, 2.45) is 11.8 Å². The van der Waals surface area contributed by atoms with Crippen LogP contribution in [0.1, 0.15) is 45.0 Å². The molecule has 0 amide bonds. The molecule has 0 N–H and O–H groups in total. The van der Waals surface area contributed by atoms with Gasteiger partial charge in [0.25, 0.3) is 0 Å². The molecule has 0 aliphatic carbocycles. The molecule has 1 unspecified atom stereocenters. The van der Waals surface area contributed by atoms with E-state index in [-0.39, 0.29) is 11.7 Å². The first-order valence-electron chi connectivity index (χ1n) is 7.25. The summed E-state index contributed by atoms with van der Waals surface area (Å²) in [6.07, 6.45) is 0. The lowest BCUT2D eigenvalue weighted by molar-refractivity contribution is 0.0867. The predicted octanol–water partition coefficient (Wildman–Crippen LogP) is 3.87. The first-order chi connectivity index (χ1) is 8.91. The Kier molecular flexibility index (Phi) is 6.23. The zero-order chi connectivity index (χ0) is 14.4. The van der Waals surface area contributed by atoms with E-state index in [4.69, 9.17) is 0 Å². The van der Waals surface area contributed by atoms with Crippen LogP contribution in [0.25, 0.3) is 0 Å². The number of hydrogen-bond acceptors (Lipinski definition) is 2. The molecule has 0 radical (unpaired) electrons. The van der Waals surface area contributed by atoms with Gasteiger partial charge in [-0.05, 0) is 19.8 Å². The van der Waals surface area contributed by atoms with Gasteiger partial charge in [-0.15, -0.1) is 0 Å². The highest BCUT2D eigenvalue weighted by molar-refractivity contribution is 5.97. The van der Waals surface area contributed by atoms with Gasteiger partial charge in [0, 0.05) is 30.6 Å². The van der Waals surface area contributed by atoms with Gasteiger partial charge in [0.2, 0.25) is 0 Å². The molecular weight excluding hydrogens is 234 g/mol. The first-order valence-corrected chi connectivity index (χ1v) is 7.25. The fourth-order valence-electron chi connectivity index (χ4n) is 2.29. The van der Waals surface area contributed by atoms with Crippen molar-refractivity contribution in [3.05, 3.63) is 35.9 Å². The Balaban J connectivity index is 2.66. The molecule has 0 saturated heterocycles. The van der Waals surface area contributed by atoms with Crippen molar-refractivity contribution >= 4 is 5.78 Å². The summed E-state index contributed by atoms with van der Waals surface area (Å²) in [5.74, 6) is 0.917. The van der Waals surface area contributed by atoms with E-state index in [1.165, 1.54) is 0 Å². The Morgan fingerprint density at radius 3 is 2.05 bits per heavy atom. The van der Waals surface area contributed by atoms with Gasteiger partial charge in [0.1, 0.15) is 0 Å². The molecular formula is C17H27NO. The SMILES string of the molecule is CC(C)CN(CC(C)C(=O)c1ccccc1)C(C)C. The number of carbonyl (C=O) groups excluding carboxylic acids is 1. The van der Waals surface area contributed by atoms with E-state index in [2.05, 4.69) is 32.6 Å². The van der Waals surface area contributed by atoms with E-state index in [1.807, 2.05) is 37.3 Å². The normalized spacial score (nSPS) is 13.3. The fourth-order valence-corrected chi connectivity index (χ4v) is 2.29. The molecule has 0 aliphatic heterocycles. The monoisotopic (exact) mass is 261 g/mol. The minimum absolute atomic E-state index is 0.0450. The van der Waals surface area contributed by atoms with Gasteiger partial charge in [0.05, 0.1) is 0 Å².